The maximum atomic E-state index is 15.0. The number of hydrogen-bond acceptors (Lipinski definition) is 6. The van der Waals surface area contributed by atoms with Crippen molar-refractivity contribution in [2.75, 3.05) is 52.9 Å². The van der Waals surface area contributed by atoms with Crippen LogP contribution in [0.1, 0.15) is 27.3 Å². The van der Waals surface area contributed by atoms with E-state index >= 15 is 0 Å². The van der Waals surface area contributed by atoms with E-state index in [-0.39, 0.29) is 13.3 Å². The molecule has 4 rings (SSSR count). The minimum atomic E-state index is -0.276. The Morgan fingerprint density at radius 1 is 1.31 bits per heavy atom. The molecule has 1 aromatic rings. The number of amidine groups is 1. The molecule has 3 aliphatic heterocycles. The molecule has 3 heterocycles. The topological polar surface area (TPSA) is 43.3 Å². The van der Waals surface area contributed by atoms with Gasteiger partial charge in [-0.25, -0.2) is 4.39 Å². The molecule has 1 saturated heterocycles. The van der Waals surface area contributed by atoms with Crippen LogP contribution in [0, 0.1) is 5.82 Å². The average molecular weight is 442 g/mol. The molecule has 174 valence electrons. The maximum absolute atomic E-state index is 15.0. The van der Waals surface area contributed by atoms with Gasteiger partial charge in [0, 0.05) is 52.0 Å². The van der Waals surface area contributed by atoms with Crippen LogP contribution >= 0.6 is 0 Å². The average Bonchev–Trinajstić information content (AvgIpc) is 2.79. The minimum Gasteiger partial charge on any atom is -0.492 e. The number of allylic oxidation sites excluding steroid dienone is 3. The number of nitrogens with one attached hydrogen (secondary N) is 1. The van der Waals surface area contributed by atoms with Gasteiger partial charge in [0.25, 0.3) is 0 Å². The van der Waals surface area contributed by atoms with E-state index in [0.717, 1.165) is 56.4 Å². The van der Waals surface area contributed by atoms with Gasteiger partial charge < -0.3 is 19.9 Å². The van der Waals surface area contributed by atoms with Crippen molar-refractivity contribution in [3.63, 3.8) is 0 Å². The van der Waals surface area contributed by atoms with E-state index in [2.05, 4.69) is 22.0 Å². The molecule has 4 bridgehead atoms. The summed E-state index contributed by atoms with van der Waals surface area (Å²) in [5.74, 6) is 2.01. The predicted octanol–water partition coefficient (Wildman–Crippen LogP) is 3.55. The van der Waals surface area contributed by atoms with Gasteiger partial charge in [0.15, 0.2) is 0 Å². The Bertz CT molecular complexity index is 945. The predicted molar refractivity (Wildman–Crippen MR) is 130 cm³/mol. The van der Waals surface area contributed by atoms with Gasteiger partial charge in [-0.2, -0.15) is 0 Å². The van der Waals surface area contributed by atoms with Gasteiger partial charge in [0.05, 0.1) is 12.6 Å². The number of nitrogens with zero attached hydrogens (tertiary/aromatic N) is 4. The van der Waals surface area contributed by atoms with E-state index in [4.69, 9.17) is 9.73 Å². The summed E-state index contributed by atoms with van der Waals surface area (Å²) in [4.78, 5) is 11.7. The fourth-order valence-corrected chi connectivity index (χ4v) is 4.54. The molecule has 0 radical (unpaired) electrons. The van der Waals surface area contributed by atoms with Crippen molar-refractivity contribution in [3.8, 4) is 5.75 Å². The first-order valence-electron chi connectivity index (χ1n) is 11.6. The van der Waals surface area contributed by atoms with E-state index in [9.17, 15) is 4.39 Å². The molecule has 7 heteroatoms. The second-order valence-corrected chi connectivity index (χ2v) is 8.52. The summed E-state index contributed by atoms with van der Waals surface area (Å²) in [5, 5.41) is 3.41. The SMILES string of the molecule is C/C=C/C1=C2/NC(=NCCN3CCN(CCC)C[C@H]3COc3ccc(F)c1c3)C=CN2C.[HH]. The summed E-state index contributed by atoms with van der Waals surface area (Å²) in [6.45, 7) is 10.5. The first-order chi connectivity index (χ1) is 15.6. The first-order valence-corrected chi connectivity index (χ1v) is 11.6. The third-order valence-corrected chi connectivity index (χ3v) is 6.21. The molecule has 1 N–H and O–H groups in total. The van der Waals surface area contributed by atoms with Gasteiger partial charge in [-0.1, -0.05) is 19.1 Å². The van der Waals surface area contributed by atoms with E-state index in [0.29, 0.717) is 24.5 Å². The molecule has 32 heavy (non-hydrogen) atoms. The van der Waals surface area contributed by atoms with Crippen LogP contribution in [-0.4, -0.2) is 79.5 Å². The Labute approximate surface area is 192 Å². The highest BCUT2D eigenvalue weighted by Crippen LogP contribution is 2.29. The molecule has 0 saturated carbocycles. The van der Waals surface area contributed by atoms with Crippen LogP contribution < -0.4 is 10.1 Å². The van der Waals surface area contributed by atoms with Crippen LogP contribution in [0.4, 0.5) is 4.39 Å². The molecular formula is C25H36FN5O. The third-order valence-electron chi connectivity index (χ3n) is 6.21. The molecule has 1 aromatic carbocycles. The zero-order chi connectivity index (χ0) is 22.5. The Balaban J connectivity index is 0.00000306. The van der Waals surface area contributed by atoms with Crippen LogP contribution in [0.5, 0.6) is 5.75 Å². The lowest BCUT2D eigenvalue weighted by Crippen LogP contribution is -2.56. The number of piperazine rings is 1. The van der Waals surface area contributed by atoms with Crippen molar-refractivity contribution >= 4 is 11.4 Å². The summed E-state index contributed by atoms with van der Waals surface area (Å²) >= 11 is 0. The smallest absolute Gasteiger partial charge is 0.131 e. The number of rotatable bonds is 3. The number of ether oxygens (including phenoxy) is 1. The van der Waals surface area contributed by atoms with Gasteiger partial charge in [-0.05, 0) is 44.2 Å². The molecule has 1 atom stereocenters. The van der Waals surface area contributed by atoms with Crippen LogP contribution in [0.25, 0.3) is 5.57 Å². The van der Waals surface area contributed by atoms with Crippen LogP contribution in [0.3, 0.4) is 0 Å². The van der Waals surface area contributed by atoms with E-state index in [1.54, 1.807) is 6.07 Å². The number of fused-ring (bicyclic) bond motifs is 5. The zero-order valence-electron chi connectivity index (χ0n) is 19.4. The monoisotopic (exact) mass is 441 g/mol. The lowest BCUT2D eigenvalue weighted by molar-refractivity contribution is 0.0486. The summed E-state index contributed by atoms with van der Waals surface area (Å²) in [7, 11) is 1.95. The van der Waals surface area contributed by atoms with Crippen molar-refractivity contribution in [1.82, 2.24) is 20.0 Å². The second-order valence-electron chi connectivity index (χ2n) is 8.52. The molecule has 0 unspecified atom stereocenters. The molecule has 6 nitrogen and oxygen atoms in total. The molecule has 0 aliphatic carbocycles. The van der Waals surface area contributed by atoms with Crippen LogP contribution in [-0.2, 0) is 0 Å². The minimum absolute atomic E-state index is 0. The van der Waals surface area contributed by atoms with Gasteiger partial charge in [0.2, 0.25) is 0 Å². The Morgan fingerprint density at radius 3 is 3.00 bits per heavy atom. The molecular weight excluding hydrogens is 405 g/mol. The van der Waals surface area contributed by atoms with Crippen molar-refractivity contribution < 1.29 is 10.6 Å². The van der Waals surface area contributed by atoms with Gasteiger partial charge in [-0.15, -0.1) is 0 Å². The fourth-order valence-electron chi connectivity index (χ4n) is 4.54. The highest BCUT2D eigenvalue weighted by Gasteiger charge is 2.27. The summed E-state index contributed by atoms with van der Waals surface area (Å²) in [6, 6.07) is 5.32. The van der Waals surface area contributed by atoms with E-state index < -0.39 is 0 Å². The molecule has 1 fully saturated rings. The third kappa shape index (κ3) is 5.05. The number of benzene rings is 1. The maximum Gasteiger partial charge on any atom is 0.131 e. The van der Waals surface area contributed by atoms with Crippen LogP contribution in [0.15, 0.2) is 53.4 Å². The van der Waals surface area contributed by atoms with Crippen LogP contribution in [0.2, 0.25) is 0 Å². The first kappa shape index (κ1) is 22.6. The van der Waals surface area contributed by atoms with Gasteiger partial charge in [0.1, 0.15) is 29.8 Å². The fraction of sp³-hybridized carbons (Fsp3) is 0.480. The van der Waals surface area contributed by atoms with E-state index in [1.807, 2.05) is 49.4 Å². The van der Waals surface area contributed by atoms with Crippen molar-refractivity contribution in [1.29, 1.82) is 0 Å². The quantitative estimate of drug-likeness (QED) is 0.777. The summed E-state index contributed by atoms with van der Waals surface area (Å²) in [5.41, 5.74) is 1.27. The molecule has 0 spiro atoms. The Hall–Kier alpha value is -2.64. The Kier molecular flexibility index (Phi) is 7.27. The number of hydrogen-bond donors (Lipinski definition) is 1. The largest absolute Gasteiger partial charge is 0.492 e. The van der Waals surface area contributed by atoms with Gasteiger partial charge >= 0.3 is 0 Å². The Morgan fingerprint density at radius 2 is 2.19 bits per heavy atom. The normalized spacial score (nSPS) is 25.1. The number of aliphatic imine (C=N–C) groups is 1. The standard InChI is InChI=1S/C25H34FN5O.H2/c1-4-6-21-22-16-20(7-8-23(22)26)32-18-19-17-30(11-5-2)14-15-31(19)13-10-27-24-9-12-29(3)25(21)28-24;/h4,6-9,12,16,19H,5,10-11,13-15,17-18H2,1-3H3,(H,27,28);1H/b6-4+,25-21+;/t19-;/m0./s1. The summed E-state index contributed by atoms with van der Waals surface area (Å²) < 4.78 is 21.2. The number of halogens is 1. The van der Waals surface area contributed by atoms with Crippen molar-refractivity contribution in [2.45, 2.75) is 26.3 Å². The lowest BCUT2D eigenvalue weighted by Gasteiger charge is -2.41. The zero-order valence-corrected chi connectivity index (χ0v) is 19.4. The summed E-state index contributed by atoms with van der Waals surface area (Å²) in [6.07, 6.45) is 8.93. The van der Waals surface area contributed by atoms with Gasteiger partial charge in [-0.3, -0.25) is 9.89 Å². The molecule has 3 aliphatic rings. The van der Waals surface area contributed by atoms with Crippen molar-refractivity contribution in [2.24, 2.45) is 4.99 Å². The van der Waals surface area contributed by atoms with E-state index in [1.165, 1.54) is 6.07 Å². The second kappa shape index (κ2) is 10.3. The highest BCUT2D eigenvalue weighted by molar-refractivity contribution is 5.97. The molecule has 0 aromatic heterocycles. The lowest BCUT2D eigenvalue weighted by atomic mass is 10.0. The highest BCUT2D eigenvalue weighted by atomic mass is 19.1. The molecule has 0 amide bonds. The van der Waals surface area contributed by atoms with Crippen molar-refractivity contribution in [3.05, 3.63) is 59.8 Å².